The van der Waals surface area contributed by atoms with E-state index in [1.165, 1.54) is 26.7 Å². The highest BCUT2D eigenvalue weighted by Gasteiger charge is 2.26. The summed E-state index contributed by atoms with van der Waals surface area (Å²) in [6.45, 7) is 11.2. The van der Waals surface area contributed by atoms with Crippen LogP contribution >= 0.6 is 11.3 Å². The molecule has 0 aliphatic rings. The first kappa shape index (κ1) is 22.8. The fourth-order valence-electron chi connectivity index (χ4n) is 2.96. The number of hydrogen-bond donors (Lipinski definition) is 1. The standard InChI is InChI=1S/C19H28N4O5S/c1-11(2)22-15(24)14-12(3)13(10-20-23(18(26)27)19(4,5)6)29-16(14)21(17(22)25)8-9-28-7/h10-11H,8-9H2,1-7H3,(H,26,27). The predicted octanol–water partition coefficient (Wildman–Crippen LogP) is 2.87. The monoisotopic (exact) mass is 424 g/mol. The molecule has 0 saturated heterocycles. The Morgan fingerprint density at radius 3 is 2.45 bits per heavy atom. The molecule has 160 valence electrons. The zero-order valence-electron chi connectivity index (χ0n) is 17.8. The summed E-state index contributed by atoms with van der Waals surface area (Å²) in [6, 6.07) is -0.298. The van der Waals surface area contributed by atoms with E-state index in [1.54, 1.807) is 48.7 Å². The number of hydrazone groups is 1. The van der Waals surface area contributed by atoms with Crippen molar-refractivity contribution in [3.05, 3.63) is 31.3 Å². The average Bonchev–Trinajstić information content (AvgIpc) is 2.90. The van der Waals surface area contributed by atoms with E-state index in [-0.39, 0.29) is 17.3 Å². The molecule has 2 aromatic heterocycles. The molecule has 0 radical (unpaired) electrons. The average molecular weight is 425 g/mol. The number of rotatable bonds is 6. The van der Waals surface area contributed by atoms with Crippen molar-refractivity contribution in [1.82, 2.24) is 14.1 Å². The Balaban J connectivity index is 2.75. The van der Waals surface area contributed by atoms with Crippen LogP contribution in [0.25, 0.3) is 10.2 Å². The second-order valence-electron chi connectivity index (χ2n) is 7.98. The molecule has 0 aliphatic carbocycles. The van der Waals surface area contributed by atoms with E-state index >= 15 is 0 Å². The molecule has 2 rings (SSSR count). The fourth-order valence-corrected chi connectivity index (χ4v) is 4.14. The van der Waals surface area contributed by atoms with E-state index in [1.807, 2.05) is 0 Å². The van der Waals surface area contributed by atoms with Crippen LogP contribution in [0.1, 0.15) is 51.1 Å². The van der Waals surface area contributed by atoms with Crippen molar-refractivity contribution in [2.24, 2.45) is 5.10 Å². The molecule has 29 heavy (non-hydrogen) atoms. The van der Waals surface area contributed by atoms with Gasteiger partial charge in [0.1, 0.15) is 4.83 Å². The lowest BCUT2D eigenvalue weighted by atomic mass is 10.1. The van der Waals surface area contributed by atoms with E-state index in [0.717, 1.165) is 5.01 Å². The molecule has 0 aromatic carbocycles. The van der Waals surface area contributed by atoms with Crippen LogP contribution in [-0.4, -0.2) is 50.8 Å². The van der Waals surface area contributed by atoms with Gasteiger partial charge in [-0.1, -0.05) is 0 Å². The Bertz CT molecular complexity index is 1060. The molecule has 2 heterocycles. The van der Waals surface area contributed by atoms with Gasteiger partial charge in [-0.2, -0.15) is 10.1 Å². The van der Waals surface area contributed by atoms with Crippen LogP contribution in [-0.2, 0) is 11.3 Å². The summed E-state index contributed by atoms with van der Waals surface area (Å²) in [5.74, 6) is 0. The van der Waals surface area contributed by atoms with Crippen molar-refractivity contribution in [2.75, 3.05) is 13.7 Å². The molecule has 0 unspecified atom stereocenters. The van der Waals surface area contributed by atoms with Crippen LogP contribution in [0.15, 0.2) is 14.7 Å². The maximum atomic E-state index is 13.0. The molecule has 0 bridgehead atoms. The predicted molar refractivity (Wildman–Crippen MR) is 115 cm³/mol. The van der Waals surface area contributed by atoms with Gasteiger partial charge in [-0.05, 0) is 47.1 Å². The summed E-state index contributed by atoms with van der Waals surface area (Å²) in [5.41, 5.74) is -0.801. The second-order valence-corrected chi connectivity index (χ2v) is 9.01. The second kappa shape index (κ2) is 8.50. The van der Waals surface area contributed by atoms with Gasteiger partial charge in [-0.25, -0.2) is 9.59 Å². The van der Waals surface area contributed by atoms with Crippen LogP contribution in [0, 0.1) is 6.92 Å². The molecule has 0 saturated carbocycles. The topological polar surface area (TPSA) is 106 Å². The van der Waals surface area contributed by atoms with Crippen LogP contribution < -0.4 is 11.2 Å². The van der Waals surface area contributed by atoms with Crippen LogP contribution in [0.5, 0.6) is 0 Å². The number of carbonyl (C=O) groups is 1. The first-order chi connectivity index (χ1) is 13.4. The summed E-state index contributed by atoms with van der Waals surface area (Å²) < 4.78 is 7.89. The van der Waals surface area contributed by atoms with E-state index in [0.29, 0.717) is 33.8 Å². The molecule has 1 N–H and O–H groups in total. The lowest BCUT2D eigenvalue weighted by Crippen LogP contribution is -2.41. The molecular weight excluding hydrogens is 396 g/mol. The number of nitrogens with zero attached hydrogens (tertiary/aromatic N) is 4. The SMILES string of the molecule is COCCn1c(=O)n(C(C)C)c(=O)c2c(C)c(C=NN(C(=O)O)C(C)(C)C)sc21. The van der Waals surface area contributed by atoms with Gasteiger partial charge in [0.25, 0.3) is 5.56 Å². The molecule has 2 aromatic rings. The fraction of sp³-hybridized carbons (Fsp3) is 0.579. The highest BCUT2D eigenvalue weighted by Crippen LogP contribution is 2.27. The van der Waals surface area contributed by atoms with Gasteiger partial charge in [-0.3, -0.25) is 13.9 Å². The van der Waals surface area contributed by atoms with E-state index in [2.05, 4.69) is 5.10 Å². The molecule has 10 heteroatoms. The highest BCUT2D eigenvalue weighted by atomic mass is 32.1. The lowest BCUT2D eigenvalue weighted by molar-refractivity contribution is 0.103. The molecule has 0 aliphatic heterocycles. The normalized spacial score (nSPS) is 12.4. The minimum atomic E-state index is -1.17. The summed E-state index contributed by atoms with van der Waals surface area (Å²) in [6.07, 6.45) is 0.260. The quantitative estimate of drug-likeness (QED) is 0.567. The zero-order chi connectivity index (χ0) is 22.1. The Hall–Kier alpha value is -2.46. The summed E-state index contributed by atoms with van der Waals surface area (Å²) in [5, 5.41) is 14.9. The third-order valence-corrected chi connectivity index (χ3v) is 5.67. The van der Waals surface area contributed by atoms with Gasteiger partial charge >= 0.3 is 11.8 Å². The van der Waals surface area contributed by atoms with Crippen molar-refractivity contribution in [1.29, 1.82) is 0 Å². The number of hydrogen-bond acceptors (Lipinski definition) is 6. The van der Waals surface area contributed by atoms with Crippen molar-refractivity contribution >= 4 is 33.9 Å². The molecule has 9 nitrogen and oxygen atoms in total. The Kier molecular flexibility index (Phi) is 6.69. The van der Waals surface area contributed by atoms with Crippen LogP contribution in [0.3, 0.4) is 0 Å². The van der Waals surface area contributed by atoms with E-state index in [4.69, 9.17) is 4.74 Å². The van der Waals surface area contributed by atoms with Gasteiger partial charge in [0.2, 0.25) is 0 Å². The van der Waals surface area contributed by atoms with Crippen molar-refractivity contribution in [2.45, 2.75) is 59.7 Å². The third kappa shape index (κ3) is 4.43. The number of amides is 1. The summed E-state index contributed by atoms with van der Waals surface area (Å²) in [7, 11) is 1.55. The van der Waals surface area contributed by atoms with Crippen molar-refractivity contribution in [3.8, 4) is 0 Å². The minimum absolute atomic E-state index is 0.298. The summed E-state index contributed by atoms with van der Waals surface area (Å²) >= 11 is 1.24. The number of ether oxygens (including phenoxy) is 1. The first-order valence-electron chi connectivity index (χ1n) is 9.26. The number of fused-ring (bicyclic) bond motifs is 1. The molecule has 0 fully saturated rings. The molecule has 0 atom stereocenters. The van der Waals surface area contributed by atoms with E-state index < -0.39 is 11.6 Å². The third-order valence-electron chi connectivity index (χ3n) is 4.42. The highest BCUT2D eigenvalue weighted by molar-refractivity contribution is 7.20. The molecule has 0 spiro atoms. The number of methoxy groups -OCH3 is 1. The molecular formula is C19H28N4O5S. The van der Waals surface area contributed by atoms with E-state index in [9.17, 15) is 19.5 Å². The maximum absolute atomic E-state index is 13.0. The maximum Gasteiger partial charge on any atom is 0.428 e. The number of aryl methyl sites for hydroxylation is 1. The van der Waals surface area contributed by atoms with Gasteiger partial charge < -0.3 is 9.84 Å². The number of carboxylic acid groups (broad SMARTS) is 1. The largest absolute Gasteiger partial charge is 0.464 e. The Morgan fingerprint density at radius 2 is 1.97 bits per heavy atom. The smallest absolute Gasteiger partial charge is 0.428 e. The van der Waals surface area contributed by atoms with Gasteiger partial charge in [0, 0.05) is 13.2 Å². The van der Waals surface area contributed by atoms with Gasteiger partial charge in [0.05, 0.1) is 35.2 Å². The number of thiophene rings is 1. The Labute approximate surface area is 172 Å². The minimum Gasteiger partial charge on any atom is -0.464 e. The van der Waals surface area contributed by atoms with Crippen LogP contribution in [0.4, 0.5) is 4.79 Å². The summed E-state index contributed by atoms with van der Waals surface area (Å²) in [4.78, 5) is 38.6. The Morgan fingerprint density at radius 1 is 1.34 bits per heavy atom. The first-order valence-corrected chi connectivity index (χ1v) is 10.1. The van der Waals surface area contributed by atoms with Crippen molar-refractivity contribution < 1.29 is 14.6 Å². The van der Waals surface area contributed by atoms with Gasteiger partial charge in [0.15, 0.2) is 0 Å². The van der Waals surface area contributed by atoms with Crippen LogP contribution in [0.2, 0.25) is 0 Å². The number of aromatic nitrogens is 2. The van der Waals surface area contributed by atoms with Gasteiger partial charge in [-0.15, -0.1) is 11.3 Å². The molecule has 1 amide bonds. The zero-order valence-corrected chi connectivity index (χ0v) is 18.7. The lowest BCUT2D eigenvalue weighted by Gasteiger charge is -2.27. The van der Waals surface area contributed by atoms with Crippen molar-refractivity contribution in [3.63, 3.8) is 0 Å².